The Kier molecular flexibility index (Phi) is 3.93. The molecule has 0 aliphatic carbocycles. The zero-order chi connectivity index (χ0) is 15.5. The van der Waals surface area contributed by atoms with Crippen molar-refractivity contribution >= 4 is 17.2 Å². The molecular formula is C16H15N3O2S. The molecule has 6 heteroatoms. The zero-order valence-corrected chi connectivity index (χ0v) is 12.8. The van der Waals surface area contributed by atoms with Crippen LogP contribution in [0.5, 0.6) is 0 Å². The van der Waals surface area contributed by atoms with Crippen molar-refractivity contribution in [3.63, 3.8) is 0 Å². The standard InChI is InChI=1S/C16H15N3O2S/c1-11-5-2-3-7-13(11)19-15(20)9-14(18-16(19)21)17-10-12-6-4-8-22-12/h2-9,17H,10H2,1H3,(H,18,21). The van der Waals surface area contributed by atoms with E-state index in [1.807, 2.05) is 36.6 Å². The van der Waals surface area contributed by atoms with Crippen LogP contribution in [0.1, 0.15) is 10.4 Å². The molecule has 3 aromatic rings. The minimum absolute atomic E-state index is 0.355. The van der Waals surface area contributed by atoms with E-state index in [0.717, 1.165) is 15.0 Å². The summed E-state index contributed by atoms with van der Waals surface area (Å²) in [4.78, 5) is 28.4. The van der Waals surface area contributed by atoms with Gasteiger partial charge in [0.15, 0.2) is 0 Å². The molecule has 0 saturated carbocycles. The Balaban J connectivity index is 1.94. The van der Waals surface area contributed by atoms with Gasteiger partial charge in [-0.3, -0.25) is 9.78 Å². The first-order valence-electron chi connectivity index (χ1n) is 6.84. The Morgan fingerprint density at radius 1 is 1.18 bits per heavy atom. The smallest absolute Gasteiger partial charge is 0.334 e. The summed E-state index contributed by atoms with van der Waals surface area (Å²) < 4.78 is 1.14. The number of para-hydroxylation sites is 1. The molecular weight excluding hydrogens is 298 g/mol. The average Bonchev–Trinajstić information content (AvgIpc) is 3.00. The van der Waals surface area contributed by atoms with Crippen molar-refractivity contribution in [2.75, 3.05) is 5.32 Å². The molecule has 2 heterocycles. The molecule has 0 saturated heterocycles. The van der Waals surface area contributed by atoms with Crippen LogP contribution in [0.15, 0.2) is 57.4 Å². The van der Waals surface area contributed by atoms with E-state index in [-0.39, 0.29) is 5.56 Å². The first kappa shape index (κ1) is 14.3. The van der Waals surface area contributed by atoms with E-state index in [4.69, 9.17) is 0 Å². The number of H-pyrrole nitrogens is 1. The molecule has 22 heavy (non-hydrogen) atoms. The summed E-state index contributed by atoms with van der Waals surface area (Å²) in [5.74, 6) is 0.424. The van der Waals surface area contributed by atoms with Crippen LogP contribution in [0, 0.1) is 6.92 Å². The molecule has 0 atom stereocenters. The number of thiophene rings is 1. The normalized spacial score (nSPS) is 10.6. The van der Waals surface area contributed by atoms with E-state index >= 15 is 0 Å². The van der Waals surface area contributed by atoms with Crippen LogP contribution in [-0.4, -0.2) is 9.55 Å². The number of aromatic nitrogens is 2. The lowest BCUT2D eigenvalue weighted by atomic mass is 10.2. The lowest BCUT2D eigenvalue weighted by molar-refractivity contribution is 0.867. The third-order valence-corrected chi connectivity index (χ3v) is 4.20. The van der Waals surface area contributed by atoms with Crippen molar-refractivity contribution in [3.8, 4) is 5.69 Å². The molecule has 5 nitrogen and oxygen atoms in total. The average molecular weight is 313 g/mol. The predicted molar refractivity (Wildman–Crippen MR) is 89.0 cm³/mol. The van der Waals surface area contributed by atoms with Crippen molar-refractivity contribution in [2.24, 2.45) is 0 Å². The van der Waals surface area contributed by atoms with Crippen LogP contribution in [0.3, 0.4) is 0 Å². The summed E-state index contributed by atoms with van der Waals surface area (Å²) in [5.41, 5.74) is 0.662. The maximum atomic E-state index is 12.3. The van der Waals surface area contributed by atoms with Crippen molar-refractivity contribution in [2.45, 2.75) is 13.5 Å². The molecule has 0 aliphatic rings. The van der Waals surface area contributed by atoms with Gasteiger partial charge in [-0.2, -0.15) is 0 Å². The lowest BCUT2D eigenvalue weighted by Gasteiger charge is -2.09. The van der Waals surface area contributed by atoms with Crippen LogP contribution in [-0.2, 0) is 6.54 Å². The van der Waals surface area contributed by atoms with Gasteiger partial charge in [-0.15, -0.1) is 11.3 Å². The number of hydrogen-bond donors (Lipinski definition) is 2. The van der Waals surface area contributed by atoms with Crippen molar-refractivity contribution in [1.29, 1.82) is 0 Å². The molecule has 0 fully saturated rings. The van der Waals surface area contributed by atoms with Gasteiger partial charge in [-0.25, -0.2) is 9.36 Å². The Hall–Kier alpha value is -2.60. The van der Waals surface area contributed by atoms with Crippen LogP contribution in [0.2, 0.25) is 0 Å². The monoisotopic (exact) mass is 313 g/mol. The topological polar surface area (TPSA) is 66.9 Å². The van der Waals surface area contributed by atoms with Crippen molar-refractivity contribution in [3.05, 3.63) is 79.1 Å². The second-order valence-corrected chi connectivity index (χ2v) is 5.91. The summed E-state index contributed by atoms with van der Waals surface area (Å²) >= 11 is 1.61. The summed E-state index contributed by atoms with van der Waals surface area (Å²) in [6, 6.07) is 12.6. The molecule has 0 bridgehead atoms. The second-order valence-electron chi connectivity index (χ2n) is 4.88. The molecule has 3 rings (SSSR count). The maximum absolute atomic E-state index is 12.3. The highest BCUT2D eigenvalue weighted by atomic mass is 32.1. The van der Waals surface area contributed by atoms with E-state index in [9.17, 15) is 9.59 Å². The van der Waals surface area contributed by atoms with Gasteiger partial charge in [0.05, 0.1) is 12.2 Å². The van der Waals surface area contributed by atoms with Gasteiger partial charge in [-0.1, -0.05) is 24.3 Å². The number of benzene rings is 1. The highest BCUT2D eigenvalue weighted by Gasteiger charge is 2.08. The number of aryl methyl sites for hydroxylation is 1. The van der Waals surface area contributed by atoms with Crippen LogP contribution in [0.4, 0.5) is 5.82 Å². The van der Waals surface area contributed by atoms with E-state index in [1.54, 1.807) is 23.5 Å². The fraction of sp³-hybridized carbons (Fsp3) is 0.125. The van der Waals surface area contributed by atoms with Gasteiger partial charge in [-0.05, 0) is 30.0 Å². The minimum atomic E-state index is -0.449. The molecule has 0 spiro atoms. The minimum Gasteiger partial charge on any atom is -0.366 e. The Morgan fingerprint density at radius 3 is 2.68 bits per heavy atom. The first-order valence-corrected chi connectivity index (χ1v) is 7.72. The molecule has 0 amide bonds. The number of anilines is 1. The van der Waals surface area contributed by atoms with Gasteiger partial charge in [0, 0.05) is 10.9 Å². The third kappa shape index (κ3) is 2.87. The summed E-state index contributed by atoms with van der Waals surface area (Å²) in [6.07, 6.45) is 0. The van der Waals surface area contributed by atoms with Gasteiger partial charge in [0.25, 0.3) is 5.56 Å². The van der Waals surface area contributed by atoms with Gasteiger partial charge >= 0.3 is 5.69 Å². The number of nitrogens with one attached hydrogen (secondary N) is 2. The summed E-state index contributed by atoms with van der Waals surface area (Å²) in [5, 5.41) is 5.05. The molecule has 2 aromatic heterocycles. The number of nitrogens with zero attached hydrogens (tertiary/aromatic N) is 1. The van der Waals surface area contributed by atoms with Crippen molar-refractivity contribution in [1.82, 2.24) is 9.55 Å². The summed E-state index contributed by atoms with van der Waals surface area (Å²) in [7, 11) is 0. The SMILES string of the molecule is Cc1ccccc1-n1c(=O)cc(NCc2cccs2)[nH]c1=O. The molecule has 112 valence electrons. The van der Waals surface area contributed by atoms with Gasteiger partial charge < -0.3 is 5.32 Å². The fourth-order valence-corrected chi connectivity index (χ4v) is 2.87. The molecule has 0 unspecified atom stereocenters. The van der Waals surface area contributed by atoms with Gasteiger partial charge in [0.1, 0.15) is 5.82 Å². The number of hydrogen-bond acceptors (Lipinski definition) is 4. The molecule has 2 N–H and O–H groups in total. The highest BCUT2D eigenvalue weighted by Crippen LogP contribution is 2.11. The molecule has 1 aromatic carbocycles. The number of rotatable bonds is 4. The van der Waals surface area contributed by atoms with Crippen LogP contribution in [0.25, 0.3) is 5.69 Å². The van der Waals surface area contributed by atoms with E-state index in [1.165, 1.54) is 6.07 Å². The number of aromatic amines is 1. The Labute approximate surface area is 130 Å². The fourth-order valence-electron chi connectivity index (χ4n) is 2.23. The van der Waals surface area contributed by atoms with E-state index in [0.29, 0.717) is 18.1 Å². The lowest BCUT2D eigenvalue weighted by Crippen LogP contribution is -2.34. The van der Waals surface area contributed by atoms with E-state index < -0.39 is 5.69 Å². The molecule has 0 aliphatic heterocycles. The van der Waals surface area contributed by atoms with Gasteiger partial charge in [0.2, 0.25) is 0 Å². The van der Waals surface area contributed by atoms with Crippen LogP contribution >= 0.6 is 11.3 Å². The second kappa shape index (κ2) is 6.03. The third-order valence-electron chi connectivity index (χ3n) is 3.32. The zero-order valence-electron chi connectivity index (χ0n) is 12.0. The van der Waals surface area contributed by atoms with E-state index in [2.05, 4.69) is 10.3 Å². The Bertz CT molecular complexity index is 863. The predicted octanol–water partition coefficient (Wildman–Crippen LogP) is 2.51. The summed E-state index contributed by atoms with van der Waals surface area (Å²) in [6.45, 7) is 2.44. The Morgan fingerprint density at radius 2 is 2.00 bits per heavy atom. The largest absolute Gasteiger partial charge is 0.366 e. The molecule has 0 radical (unpaired) electrons. The first-order chi connectivity index (χ1) is 10.6. The van der Waals surface area contributed by atoms with Crippen LogP contribution < -0.4 is 16.6 Å². The quantitative estimate of drug-likeness (QED) is 0.778. The highest BCUT2D eigenvalue weighted by molar-refractivity contribution is 7.09. The maximum Gasteiger partial charge on any atom is 0.334 e. The van der Waals surface area contributed by atoms with Crippen molar-refractivity contribution < 1.29 is 0 Å².